The Hall–Kier alpha value is -2.31. The van der Waals surface area contributed by atoms with Gasteiger partial charge in [-0.3, -0.25) is 0 Å². The Bertz CT molecular complexity index is 668. The Morgan fingerprint density at radius 1 is 1.09 bits per heavy atom. The summed E-state index contributed by atoms with van der Waals surface area (Å²) in [6, 6.07) is 18.7. The van der Waals surface area contributed by atoms with Crippen LogP contribution in [0.25, 0.3) is 0 Å². The van der Waals surface area contributed by atoms with E-state index in [1.54, 1.807) is 0 Å². The molecule has 22 heavy (non-hydrogen) atoms. The molecule has 0 fully saturated rings. The molecule has 0 amide bonds. The summed E-state index contributed by atoms with van der Waals surface area (Å²) in [5.74, 6) is 0.819. The summed E-state index contributed by atoms with van der Waals surface area (Å²) in [6.07, 6.45) is 0.744. The third-order valence-corrected chi connectivity index (χ3v) is 4.33. The first kappa shape index (κ1) is 14.6. The minimum Gasteiger partial charge on any atom is -0.489 e. The van der Waals surface area contributed by atoms with E-state index in [1.165, 1.54) is 0 Å². The molecule has 3 nitrogen and oxygen atoms in total. The van der Waals surface area contributed by atoms with Crippen molar-refractivity contribution in [2.75, 3.05) is 20.6 Å². The number of fused-ring (bicyclic) bond motifs is 2. The van der Waals surface area contributed by atoms with Gasteiger partial charge in [0.05, 0.1) is 6.07 Å². The predicted molar refractivity (Wildman–Crippen MR) is 86.8 cm³/mol. The van der Waals surface area contributed by atoms with E-state index >= 15 is 0 Å². The molecule has 0 bridgehead atoms. The Balaban J connectivity index is 2.23. The van der Waals surface area contributed by atoms with Crippen molar-refractivity contribution >= 4 is 0 Å². The van der Waals surface area contributed by atoms with Crippen molar-refractivity contribution in [2.24, 2.45) is 0 Å². The maximum Gasteiger partial charge on any atom is 0.124 e. The largest absolute Gasteiger partial charge is 0.489 e. The van der Waals surface area contributed by atoms with Crippen LogP contribution in [0.15, 0.2) is 48.5 Å². The SMILES string of the molecule is CN(C)CCC1(C#N)c2ccccc2COc2ccccc21. The van der Waals surface area contributed by atoms with Crippen molar-refractivity contribution in [1.82, 2.24) is 4.90 Å². The van der Waals surface area contributed by atoms with Gasteiger partial charge in [-0.05, 0) is 44.3 Å². The van der Waals surface area contributed by atoms with Crippen molar-refractivity contribution in [3.63, 3.8) is 0 Å². The molecule has 1 aliphatic rings. The Morgan fingerprint density at radius 3 is 2.50 bits per heavy atom. The molecule has 1 heterocycles. The molecule has 0 aromatic heterocycles. The zero-order valence-corrected chi connectivity index (χ0v) is 13.0. The lowest BCUT2D eigenvalue weighted by Gasteiger charge is -2.29. The van der Waals surface area contributed by atoms with E-state index in [4.69, 9.17) is 4.74 Å². The molecule has 0 radical (unpaired) electrons. The van der Waals surface area contributed by atoms with E-state index < -0.39 is 5.41 Å². The van der Waals surface area contributed by atoms with Gasteiger partial charge in [-0.25, -0.2) is 0 Å². The van der Waals surface area contributed by atoms with Crippen molar-refractivity contribution in [2.45, 2.75) is 18.4 Å². The smallest absolute Gasteiger partial charge is 0.124 e. The lowest BCUT2D eigenvalue weighted by molar-refractivity contribution is 0.305. The third-order valence-electron chi connectivity index (χ3n) is 4.33. The number of nitriles is 1. The van der Waals surface area contributed by atoms with Crippen molar-refractivity contribution in [3.8, 4) is 11.8 Å². The van der Waals surface area contributed by atoms with Crippen molar-refractivity contribution < 1.29 is 4.74 Å². The molecule has 0 aliphatic carbocycles. The van der Waals surface area contributed by atoms with Crippen LogP contribution in [0, 0.1) is 11.3 Å². The summed E-state index contributed by atoms with van der Waals surface area (Å²) in [6.45, 7) is 1.36. The molecule has 0 saturated carbocycles. The highest BCUT2D eigenvalue weighted by Crippen LogP contribution is 2.44. The van der Waals surface area contributed by atoms with Gasteiger partial charge >= 0.3 is 0 Å². The number of hydrogen-bond acceptors (Lipinski definition) is 3. The normalized spacial score (nSPS) is 19.5. The van der Waals surface area contributed by atoms with Crippen LogP contribution in [-0.2, 0) is 12.0 Å². The quantitative estimate of drug-likeness (QED) is 0.870. The number of benzene rings is 2. The molecule has 0 N–H and O–H groups in total. The summed E-state index contributed by atoms with van der Waals surface area (Å²) in [7, 11) is 4.08. The van der Waals surface area contributed by atoms with Crippen LogP contribution in [0.3, 0.4) is 0 Å². The molecule has 3 heteroatoms. The van der Waals surface area contributed by atoms with Crippen LogP contribution < -0.4 is 4.74 Å². The van der Waals surface area contributed by atoms with Gasteiger partial charge in [-0.2, -0.15) is 5.26 Å². The first-order chi connectivity index (χ1) is 10.7. The molecule has 1 aliphatic heterocycles. The summed E-state index contributed by atoms with van der Waals surface area (Å²) >= 11 is 0. The molecule has 0 saturated heterocycles. The molecule has 112 valence electrons. The maximum absolute atomic E-state index is 10.1. The van der Waals surface area contributed by atoms with E-state index in [2.05, 4.69) is 23.1 Å². The van der Waals surface area contributed by atoms with Gasteiger partial charge in [0, 0.05) is 5.56 Å². The van der Waals surface area contributed by atoms with Gasteiger partial charge in [-0.1, -0.05) is 42.5 Å². The molecule has 3 rings (SSSR count). The summed E-state index contributed by atoms with van der Waals surface area (Å²) in [5, 5.41) is 10.1. The Labute approximate surface area is 131 Å². The fourth-order valence-corrected chi connectivity index (χ4v) is 3.15. The Morgan fingerprint density at radius 2 is 1.77 bits per heavy atom. The minimum absolute atomic E-state index is 0.512. The average molecular weight is 292 g/mol. The van der Waals surface area contributed by atoms with Crippen LogP contribution in [0.1, 0.15) is 23.1 Å². The molecule has 1 unspecified atom stereocenters. The molecule has 0 spiro atoms. The first-order valence-corrected chi connectivity index (χ1v) is 7.54. The fraction of sp³-hybridized carbons (Fsp3) is 0.316. The second-order valence-corrected chi connectivity index (χ2v) is 6.01. The first-order valence-electron chi connectivity index (χ1n) is 7.54. The standard InChI is InChI=1S/C19H20N2O/c1-21(2)12-11-19(14-20)16-8-4-3-7-15(16)13-22-18-10-6-5-9-17(18)19/h3-10H,11-13H2,1-2H3. The molecule has 1 atom stereocenters. The van der Waals surface area contributed by atoms with Gasteiger partial charge in [0.25, 0.3) is 0 Å². The Kier molecular flexibility index (Phi) is 3.87. The summed E-state index contributed by atoms with van der Waals surface area (Å²) < 4.78 is 5.97. The van der Waals surface area contributed by atoms with Gasteiger partial charge < -0.3 is 9.64 Å². The maximum atomic E-state index is 10.1. The minimum atomic E-state index is -0.659. The zero-order valence-electron chi connectivity index (χ0n) is 13.0. The number of rotatable bonds is 3. The summed E-state index contributed by atoms with van der Waals surface area (Å²) in [4.78, 5) is 2.12. The topological polar surface area (TPSA) is 36.3 Å². The fourth-order valence-electron chi connectivity index (χ4n) is 3.15. The van der Waals surface area contributed by atoms with E-state index in [9.17, 15) is 5.26 Å². The highest BCUT2D eigenvalue weighted by Gasteiger charge is 2.40. The molecule has 2 aromatic carbocycles. The van der Waals surface area contributed by atoms with Crippen LogP contribution in [0.2, 0.25) is 0 Å². The van der Waals surface area contributed by atoms with Gasteiger partial charge in [-0.15, -0.1) is 0 Å². The lowest BCUT2D eigenvalue weighted by Crippen LogP contribution is -2.31. The second-order valence-electron chi connectivity index (χ2n) is 6.01. The second kappa shape index (κ2) is 5.82. The predicted octanol–water partition coefficient (Wildman–Crippen LogP) is 3.34. The number of para-hydroxylation sites is 1. The highest BCUT2D eigenvalue weighted by molar-refractivity contribution is 5.55. The lowest BCUT2D eigenvalue weighted by atomic mass is 9.71. The van der Waals surface area contributed by atoms with E-state index in [1.807, 2.05) is 50.5 Å². The van der Waals surface area contributed by atoms with Gasteiger partial charge in [0.1, 0.15) is 17.8 Å². The number of hydrogen-bond donors (Lipinski definition) is 0. The third kappa shape index (κ3) is 2.36. The molecular formula is C19H20N2O. The van der Waals surface area contributed by atoms with E-state index in [0.29, 0.717) is 6.61 Å². The number of nitrogens with zero attached hydrogens (tertiary/aromatic N) is 2. The molecule has 2 aromatic rings. The number of ether oxygens (including phenoxy) is 1. The van der Waals surface area contributed by atoms with Crippen LogP contribution in [-0.4, -0.2) is 25.5 Å². The van der Waals surface area contributed by atoms with Gasteiger partial charge in [0.2, 0.25) is 0 Å². The van der Waals surface area contributed by atoms with Crippen LogP contribution in [0.5, 0.6) is 5.75 Å². The van der Waals surface area contributed by atoms with E-state index in [0.717, 1.165) is 35.4 Å². The summed E-state index contributed by atoms with van der Waals surface area (Å²) in [5.41, 5.74) is 2.49. The highest BCUT2D eigenvalue weighted by atomic mass is 16.5. The van der Waals surface area contributed by atoms with Crippen LogP contribution in [0.4, 0.5) is 0 Å². The van der Waals surface area contributed by atoms with Crippen molar-refractivity contribution in [1.29, 1.82) is 5.26 Å². The van der Waals surface area contributed by atoms with E-state index in [-0.39, 0.29) is 0 Å². The van der Waals surface area contributed by atoms with Gasteiger partial charge in [0.15, 0.2) is 0 Å². The zero-order chi connectivity index (χ0) is 15.6. The molecular weight excluding hydrogens is 272 g/mol. The van der Waals surface area contributed by atoms with Crippen molar-refractivity contribution in [3.05, 3.63) is 65.2 Å². The van der Waals surface area contributed by atoms with Crippen LogP contribution >= 0.6 is 0 Å². The monoisotopic (exact) mass is 292 g/mol. The average Bonchev–Trinajstić information content (AvgIpc) is 2.68.